The van der Waals surface area contributed by atoms with Crippen LogP contribution in [0.25, 0.3) is 0 Å². The lowest BCUT2D eigenvalue weighted by atomic mass is 9.87. The van der Waals surface area contributed by atoms with E-state index in [9.17, 15) is 4.79 Å². The molecule has 196 valence electrons. The summed E-state index contributed by atoms with van der Waals surface area (Å²) in [6.45, 7) is 11.3. The minimum Gasteiger partial charge on any atom is -0.317 e. The fourth-order valence-electron chi connectivity index (χ4n) is 4.94. The molecule has 37 heavy (non-hydrogen) atoms. The van der Waals surface area contributed by atoms with Crippen molar-refractivity contribution in [3.8, 4) is 0 Å². The van der Waals surface area contributed by atoms with Crippen LogP contribution in [0.2, 0.25) is 0 Å². The molecule has 0 saturated heterocycles. The van der Waals surface area contributed by atoms with Gasteiger partial charge in [-0.2, -0.15) is 0 Å². The van der Waals surface area contributed by atoms with Gasteiger partial charge in [0.1, 0.15) is 5.03 Å². The molecular weight excluding hydrogens is 494 g/mol. The largest absolute Gasteiger partial charge is 0.322 e. The number of pyridine rings is 1. The molecule has 1 heterocycles. The number of nitrogens with one attached hydrogen (secondary N) is 1. The predicted octanol–water partition coefficient (Wildman–Crippen LogP) is 8.33. The molecule has 3 aromatic rings. The SMILES string of the molecule is CCSc1cc(C)nc(SCC)c1NC(=O)N(Cc1ccc(C(C)C)cc1)C1CCc2ccccc2C1. The third kappa shape index (κ3) is 6.91. The highest BCUT2D eigenvalue weighted by atomic mass is 32.2. The van der Waals surface area contributed by atoms with Crippen molar-refractivity contribution in [2.45, 2.75) is 82.3 Å². The molecule has 1 N–H and O–H groups in total. The minimum atomic E-state index is -0.0427. The number of thioether (sulfide) groups is 2. The van der Waals surface area contributed by atoms with Crippen molar-refractivity contribution in [1.29, 1.82) is 0 Å². The summed E-state index contributed by atoms with van der Waals surface area (Å²) in [7, 11) is 0. The Labute approximate surface area is 231 Å². The van der Waals surface area contributed by atoms with Crippen LogP contribution in [0, 0.1) is 6.92 Å². The maximum atomic E-state index is 14.1. The highest BCUT2D eigenvalue weighted by molar-refractivity contribution is 8.00. The molecule has 0 bridgehead atoms. The van der Waals surface area contributed by atoms with Crippen molar-refractivity contribution >= 4 is 35.2 Å². The van der Waals surface area contributed by atoms with E-state index < -0.39 is 0 Å². The third-order valence-corrected chi connectivity index (χ3v) is 8.69. The van der Waals surface area contributed by atoms with Gasteiger partial charge in [-0.3, -0.25) is 0 Å². The summed E-state index contributed by atoms with van der Waals surface area (Å²) < 4.78 is 0. The summed E-state index contributed by atoms with van der Waals surface area (Å²) in [5.41, 5.74) is 7.08. The topological polar surface area (TPSA) is 45.2 Å². The molecule has 1 aliphatic rings. The number of amides is 2. The van der Waals surface area contributed by atoms with Gasteiger partial charge >= 0.3 is 6.03 Å². The second-order valence-corrected chi connectivity index (χ2v) is 12.5. The summed E-state index contributed by atoms with van der Waals surface area (Å²) in [6, 6.07) is 19.6. The molecule has 1 aromatic heterocycles. The van der Waals surface area contributed by atoms with Gasteiger partial charge in [-0.05, 0) is 71.9 Å². The van der Waals surface area contributed by atoms with Crippen LogP contribution in [0.15, 0.2) is 64.5 Å². The molecule has 1 unspecified atom stereocenters. The van der Waals surface area contributed by atoms with Gasteiger partial charge in [0.2, 0.25) is 0 Å². The van der Waals surface area contributed by atoms with Crippen LogP contribution < -0.4 is 5.32 Å². The number of aryl methyl sites for hydroxylation is 2. The number of anilines is 1. The minimum absolute atomic E-state index is 0.0427. The number of hydrogen-bond donors (Lipinski definition) is 1. The Hall–Kier alpha value is -2.44. The van der Waals surface area contributed by atoms with Crippen LogP contribution in [0.4, 0.5) is 10.5 Å². The molecule has 4 nitrogen and oxygen atoms in total. The van der Waals surface area contributed by atoms with Gasteiger partial charge in [-0.1, -0.05) is 76.2 Å². The van der Waals surface area contributed by atoms with Crippen LogP contribution in [0.1, 0.15) is 68.0 Å². The fourth-order valence-corrected chi connectivity index (χ4v) is 6.64. The molecule has 1 aliphatic carbocycles. The van der Waals surface area contributed by atoms with Crippen molar-refractivity contribution in [2.75, 3.05) is 16.8 Å². The van der Waals surface area contributed by atoms with Crippen molar-refractivity contribution < 1.29 is 4.79 Å². The molecule has 2 aromatic carbocycles. The van der Waals surface area contributed by atoms with Gasteiger partial charge in [0.15, 0.2) is 0 Å². The first kappa shape index (κ1) is 27.6. The van der Waals surface area contributed by atoms with E-state index in [0.29, 0.717) is 12.5 Å². The lowest BCUT2D eigenvalue weighted by Gasteiger charge is -2.35. The van der Waals surface area contributed by atoms with E-state index in [-0.39, 0.29) is 12.1 Å². The van der Waals surface area contributed by atoms with Crippen LogP contribution in [0.3, 0.4) is 0 Å². The Bertz CT molecular complexity index is 1180. The van der Waals surface area contributed by atoms with Gasteiger partial charge in [0.05, 0.1) is 5.69 Å². The van der Waals surface area contributed by atoms with E-state index in [2.05, 4.69) is 92.5 Å². The van der Waals surface area contributed by atoms with Crippen molar-refractivity contribution in [3.63, 3.8) is 0 Å². The lowest BCUT2D eigenvalue weighted by molar-refractivity contribution is 0.176. The third-order valence-electron chi connectivity index (χ3n) is 6.91. The Kier molecular flexibility index (Phi) is 9.60. The number of carbonyl (C=O) groups is 1. The number of nitrogens with zero attached hydrogens (tertiary/aromatic N) is 2. The van der Waals surface area contributed by atoms with Gasteiger partial charge in [0.25, 0.3) is 0 Å². The van der Waals surface area contributed by atoms with E-state index >= 15 is 0 Å². The zero-order chi connectivity index (χ0) is 26.4. The summed E-state index contributed by atoms with van der Waals surface area (Å²) in [5, 5.41) is 4.23. The van der Waals surface area contributed by atoms with Crippen molar-refractivity contribution in [2.24, 2.45) is 0 Å². The van der Waals surface area contributed by atoms with Gasteiger partial charge in [-0.15, -0.1) is 23.5 Å². The fraction of sp³-hybridized carbons (Fsp3) is 0.419. The molecule has 4 rings (SSSR count). The number of benzene rings is 2. The van der Waals surface area contributed by atoms with E-state index in [1.165, 1.54) is 16.7 Å². The first-order valence-corrected chi connectivity index (χ1v) is 15.4. The molecule has 2 amide bonds. The standard InChI is InChI=1S/C31H39N3OS2/c1-6-36-28-18-22(5)32-30(37-7-2)29(28)33-31(35)34(20-23-12-14-24(15-13-23)21(3)4)27-17-16-25-10-8-9-11-26(25)19-27/h8-15,18,21,27H,6-7,16-17,19-20H2,1-5H3,(H,33,35). The smallest absolute Gasteiger partial charge is 0.317 e. The zero-order valence-corrected chi connectivity index (χ0v) is 24.3. The monoisotopic (exact) mass is 533 g/mol. The zero-order valence-electron chi connectivity index (χ0n) is 22.7. The Morgan fingerprint density at radius 1 is 1.05 bits per heavy atom. The Balaban J connectivity index is 1.66. The summed E-state index contributed by atoms with van der Waals surface area (Å²) >= 11 is 3.44. The maximum Gasteiger partial charge on any atom is 0.322 e. The number of hydrogen-bond acceptors (Lipinski definition) is 4. The molecule has 1 atom stereocenters. The number of rotatable bonds is 9. The average Bonchev–Trinajstić information content (AvgIpc) is 2.89. The van der Waals surface area contributed by atoms with Gasteiger partial charge < -0.3 is 10.2 Å². The first-order chi connectivity index (χ1) is 17.9. The summed E-state index contributed by atoms with van der Waals surface area (Å²) in [5.74, 6) is 2.33. The average molecular weight is 534 g/mol. The Morgan fingerprint density at radius 2 is 1.76 bits per heavy atom. The normalized spacial score (nSPS) is 14.9. The highest BCUT2D eigenvalue weighted by Gasteiger charge is 2.29. The molecule has 0 spiro atoms. The molecule has 0 radical (unpaired) electrons. The van der Waals surface area contributed by atoms with E-state index in [1.807, 2.05) is 6.92 Å². The second kappa shape index (κ2) is 12.9. The predicted molar refractivity (Wildman–Crippen MR) is 159 cm³/mol. The number of aromatic nitrogens is 1. The first-order valence-electron chi connectivity index (χ1n) is 13.4. The summed E-state index contributed by atoms with van der Waals surface area (Å²) in [6.07, 6.45) is 2.84. The summed E-state index contributed by atoms with van der Waals surface area (Å²) in [4.78, 5) is 22.0. The molecule has 0 saturated carbocycles. The van der Waals surface area contributed by atoms with Gasteiger partial charge in [0, 0.05) is 23.2 Å². The van der Waals surface area contributed by atoms with E-state index in [0.717, 1.165) is 57.6 Å². The van der Waals surface area contributed by atoms with Crippen LogP contribution in [-0.2, 0) is 19.4 Å². The second-order valence-electron chi connectivity index (χ2n) is 9.93. The molecule has 0 aliphatic heterocycles. The molecule has 6 heteroatoms. The van der Waals surface area contributed by atoms with Crippen molar-refractivity contribution in [1.82, 2.24) is 9.88 Å². The van der Waals surface area contributed by atoms with Crippen LogP contribution >= 0.6 is 23.5 Å². The van der Waals surface area contributed by atoms with Crippen LogP contribution in [0.5, 0.6) is 0 Å². The van der Waals surface area contributed by atoms with Crippen LogP contribution in [-0.4, -0.2) is 33.5 Å². The van der Waals surface area contributed by atoms with Gasteiger partial charge in [-0.25, -0.2) is 9.78 Å². The lowest BCUT2D eigenvalue weighted by Crippen LogP contribution is -2.45. The number of urea groups is 1. The number of fused-ring (bicyclic) bond motifs is 1. The quantitative estimate of drug-likeness (QED) is 0.281. The van der Waals surface area contributed by atoms with Crippen molar-refractivity contribution in [3.05, 3.63) is 82.5 Å². The number of carbonyl (C=O) groups excluding carboxylic acids is 1. The molecule has 0 fully saturated rings. The molecular formula is C31H39N3OS2. The Morgan fingerprint density at radius 3 is 2.43 bits per heavy atom. The van der Waals surface area contributed by atoms with E-state index in [4.69, 9.17) is 4.98 Å². The van der Waals surface area contributed by atoms with E-state index in [1.54, 1.807) is 23.5 Å². The highest BCUT2D eigenvalue weighted by Crippen LogP contribution is 2.36. The maximum absolute atomic E-state index is 14.1.